The molecule has 2 aromatic rings. The number of hydrogen-bond donors (Lipinski definition) is 1. The molecule has 1 aromatic carbocycles. The van der Waals surface area contributed by atoms with E-state index < -0.39 is 0 Å². The predicted molar refractivity (Wildman–Crippen MR) is 70.4 cm³/mol. The van der Waals surface area contributed by atoms with Gasteiger partial charge in [0.15, 0.2) is 0 Å². The molecule has 0 bridgehead atoms. The van der Waals surface area contributed by atoms with Crippen LogP contribution in [0.2, 0.25) is 0 Å². The van der Waals surface area contributed by atoms with Crippen LogP contribution in [-0.4, -0.2) is 30.0 Å². The fraction of sp³-hybridized carbons (Fsp3) is 0.333. The lowest BCUT2D eigenvalue weighted by Gasteiger charge is -2.17. The average Bonchev–Trinajstić information content (AvgIpc) is 2.94. The first kappa shape index (κ1) is 12.8. The summed E-state index contributed by atoms with van der Waals surface area (Å²) >= 11 is 1.19. The Morgan fingerprint density at radius 2 is 2.11 bits per heavy atom. The van der Waals surface area contributed by atoms with Crippen LogP contribution in [0.4, 0.5) is 0 Å². The molecule has 1 atom stereocenters. The highest BCUT2D eigenvalue weighted by molar-refractivity contribution is 6.99. The Kier molecular flexibility index (Phi) is 4.11. The molecular weight excluding hydrogens is 250 g/mol. The Bertz CT molecular complexity index is 502. The second kappa shape index (κ2) is 5.79. The molecule has 1 aromatic heterocycles. The zero-order chi connectivity index (χ0) is 13.0. The number of aromatic nitrogens is 2. The van der Waals surface area contributed by atoms with Crippen LogP contribution in [0.1, 0.15) is 17.3 Å². The summed E-state index contributed by atoms with van der Waals surface area (Å²) in [6, 6.07) is 5.70. The van der Waals surface area contributed by atoms with Crippen LogP contribution >= 0.6 is 11.7 Å². The van der Waals surface area contributed by atoms with Crippen molar-refractivity contribution in [3.8, 4) is 11.5 Å². The lowest BCUT2D eigenvalue weighted by Crippen LogP contribution is -2.18. The van der Waals surface area contributed by atoms with E-state index in [-0.39, 0.29) is 6.04 Å². The van der Waals surface area contributed by atoms with Crippen LogP contribution in [0.25, 0.3) is 0 Å². The van der Waals surface area contributed by atoms with Gasteiger partial charge in [-0.25, -0.2) is 0 Å². The number of nitrogens with one attached hydrogen (secondary N) is 1. The highest BCUT2D eigenvalue weighted by Crippen LogP contribution is 2.32. The summed E-state index contributed by atoms with van der Waals surface area (Å²) in [6.45, 7) is 0. The highest BCUT2D eigenvalue weighted by atomic mass is 32.1. The van der Waals surface area contributed by atoms with Crippen molar-refractivity contribution in [2.24, 2.45) is 0 Å². The summed E-state index contributed by atoms with van der Waals surface area (Å²) in [5, 5.41) is 3.22. The number of nitrogens with zero attached hydrogens (tertiary/aromatic N) is 2. The number of benzene rings is 1. The van der Waals surface area contributed by atoms with E-state index in [4.69, 9.17) is 9.47 Å². The standard InChI is InChI=1S/C12H15N3O2S/c1-13-12(10-7-14-18-15-10)9-5-4-8(16-2)6-11(9)17-3/h4-7,12-13H,1-3H3. The van der Waals surface area contributed by atoms with E-state index in [1.165, 1.54) is 11.7 Å². The summed E-state index contributed by atoms with van der Waals surface area (Å²) in [5.74, 6) is 1.53. The van der Waals surface area contributed by atoms with Gasteiger partial charge in [-0.05, 0) is 19.2 Å². The Morgan fingerprint density at radius 3 is 2.67 bits per heavy atom. The second-order valence-electron chi connectivity index (χ2n) is 3.66. The molecule has 5 nitrogen and oxygen atoms in total. The van der Waals surface area contributed by atoms with Crippen molar-refractivity contribution in [1.29, 1.82) is 0 Å². The van der Waals surface area contributed by atoms with Gasteiger partial charge in [0, 0.05) is 11.6 Å². The maximum atomic E-state index is 5.40. The second-order valence-corrected chi connectivity index (χ2v) is 4.22. The molecule has 0 spiro atoms. The van der Waals surface area contributed by atoms with Crippen LogP contribution in [0.15, 0.2) is 24.4 Å². The first-order chi connectivity index (χ1) is 8.80. The molecule has 0 aliphatic rings. The van der Waals surface area contributed by atoms with Crippen LogP contribution in [0.5, 0.6) is 11.5 Å². The number of rotatable bonds is 5. The van der Waals surface area contributed by atoms with Crippen molar-refractivity contribution < 1.29 is 9.47 Å². The lowest BCUT2D eigenvalue weighted by atomic mass is 10.0. The van der Waals surface area contributed by atoms with Gasteiger partial charge in [-0.15, -0.1) is 0 Å². The number of ether oxygens (including phenoxy) is 2. The van der Waals surface area contributed by atoms with Crippen molar-refractivity contribution in [3.63, 3.8) is 0 Å². The predicted octanol–water partition coefficient (Wildman–Crippen LogP) is 1.86. The molecule has 0 saturated carbocycles. The minimum atomic E-state index is -0.0374. The van der Waals surface area contributed by atoms with Crippen molar-refractivity contribution in [2.75, 3.05) is 21.3 Å². The normalized spacial score (nSPS) is 12.2. The van der Waals surface area contributed by atoms with Crippen molar-refractivity contribution in [2.45, 2.75) is 6.04 Å². The summed E-state index contributed by atoms with van der Waals surface area (Å²) < 4.78 is 18.9. The summed E-state index contributed by atoms with van der Waals surface area (Å²) in [5.41, 5.74) is 1.89. The highest BCUT2D eigenvalue weighted by Gasteiger charge is 2.19. The molecule has 0 saturated heterocycles. The van der Waals surface area contributed by atoms with E-state index in [0.717, 1.165) is 22.8 Å². The maximum absolute atomic E-state index is 5.40. The molecule has 2 rings (SSSR count). The Labute approximate surface area is 110 Å². The number of hydrogen-bond acceptors (Lipinski definition) is 6. The Morgan fingerprint density at radius 1 is 1.28 bits per heavy atom. The van der Waals surface area contributed by atoms with Gasteiger partial charge in [0.25, 0.3) is 0 Å². The zero-order valence-electron chi connectivity index (χ0n) is 10.5. The third-order valence-electron chi connectivity index (χ3n) is 2.71. The van der Waals surface area contributed by atoms with E-state index >= 15 is 0 Å². The largest absolute Gasteiger partial charge is 0.497 e. The van der Waals surface area contributed by atoms with Gasteiger partial charge in [0.2, 0.25) is 0 Å². The van der Waals surface area contributed by atoms with Gasteiger partial charge in [-0.2, -0.15) is 8.75 Å². The molecule has 0 fully saturated rings. The van der Waals surface area contributed by atoms with Crippen LogP contribution < -0.4 is 14.8 Å². The zero-order valence-corrected chi connectivity index (χ0v) is 11.3. The van der Waals surface area contributed by atoms with Gasteiger partial charge in [0.05, 0.1) is 43.9 Å². The van der Waals surface area contributed by atoms with Crippen molar-refractivity contribution >= 4 is 11.7 Å². The number of methoxy groups -OCH3 is 2. The molecule has 1 N–H and O–H groups in total. The minimum Gasteiger partial charge on any atom is -0.497 e. The van der Waals surface area contributed by atoms with E-state index in [2.05, 4.69) is 14.1 Å². The van der Waals surface area contributed by atoms with Crippen LogP contribution in [0.3, 0.4) is 0 Å². The van der Waals surface area contributed by atoms with E-state index in [1.807, 2.05) is 25.2 Å². The third kappa shape index (κ3) is 2.44. The smallest absolute Gasteiger partial charge is 0.127 e. The van der Waals surface area contributed by atoms with Gasteiger partial charge in [-0.1, -0.05) is 0 Å². The quantitative estimate of drug-likeness (QED) is 0.894. The molecule has 96 valence electrons. The van der Waals surface area contributed by atoms with Crippen LogP contribution in [-0.2, 0) is 0 Å². The summed E-state index contributed by atoms with van der Waals surface area (Å²) in [7, 11) is 5.16. The molecule has 6 heteroatoms. The first-order valence-electron chi connectivity index (χ1n) is 5.46. The fourth-order valence-corrected chi connectivity index (χ4v) is 2.27. The fourth-order valence-electron chi connectivity index (χ4n) is 1.82. The summed E-state index contributed by atoms with van der Waals surface area (Å²) in [6.07, 6.45) is 1.76. The van der Waals surface area contributed by atoms with Gasteiger partial charge >= 0.3 is 0 Å². The maximum Gasteiger partial charge on any atom is 0.127 e. The third-order valence-corrected chi connectivity index (χ3v) is 3.21. The van der Waals surface area contributed by atoms with E-state index in [9.17, 15) is 0 Å². The monoisotopic (exact) mass is 265 g/mol. The molecule has 0 aliphatic heterocycles. The topological polar surface area (TPSA) is 56.3 Å². The minimum absolute atomic E-state index is 0.0374. The molecule has 18 heavy (non-hydrogen) atoms. The van der Waals surface area contributed by atoms with Gasteiger partial charge in [0.1, 0.15) is 11.5 Å². The van der Waals surface area contributed by atoms with E-state index in [1.54, 1.807) is 20.4 Å². The molecular formula is C12H15N3O2S. The van der Waals surface area contributed by atoms with Crippen molar-refractivity contribution in [1.82, 2.24) is 14.1 Å². The Balaban J connectivity index is 2.42. The van der Waals surface area contributed by atoms with Crippen LogP contribution in [0, 0.1) is 0 Å². The Hall–Kier alpha value is -1.66. The average molecular weight is 265 g/mol. The molecule has 0 amide bonds. The molecule has 0 aliphatic carbocycles. The molecule has 1 heterocycles. The molecule has 0 radical (unpaired) electrons. The van der Waals surface area contributed by atoms with Gasteiger partial charge < -0.3 is 14.8 Å². The van der Waals surface area contributed by atoms with Gasteiger partial charge in [-0.3, -0.25) is 0 Å². The first-order valence-corrected chi connectivity index (χ1v) is 6.19. The lowest BCUT2D eigenvalue weighted by molar-refractivity contribution is 0.388. The molecule has 1 unspecified atom stereocenters. The van der Waals surface area contributed by atoms with E-state index in [0.29, 0.717) is 0 Å². The SMILES string of the molecule is CNC(c1cnsn1)c1ccc(OC)cc1OC. The summed E-state index contributed by atoms with van der Waals surface area (Å²) in [4.78, 5) is 0. The van der Waals surface area contributed by atoms with Crippen molar-refractivity contribution in [3.05, 3.63) is 35.7 Å².